The molecule has 0 saturated carbocycles. The first-order valence-electron chi connectivity index (χ1n) is 20.7. The largest absolute Gasteiger partial charge is 0.481 e. The van der Waals surface area contributed by atoms with Crippen molar-refractivity contribution in [2.45, 2.75) is 199 Å². The normalized spacial score (nSPS) is 46.2. The highest BCUT2D eigenvalue weighted by Crippen LogP contribution is 2.54. The molecular weight excluding hydrogens is 680 g/mol. The summed E-state index contributed by atoms with van der Waals surface area (Å²) in [7, 11) is 0. The molecule has 2 spiro atoms. The quantitative estimate of drug-likeness (QED) is 0.169. The van der Waals surface area contributed by atoms with E-state index in [4.69, 9.17) is 23.7 Å². The lowest BCUT2D eigenvalue weighted by Gasteiger charge is -2.54. The highest BCUT2D eigenvalue weighted by atomic mass is 16.8. The lowest BCUT2D eigenvalue weighted by molar-refractivity contribution is -0.409. The van der Waals surface area contributed by atoms with Crippen molar-refractivity contribution in [3.8, 4) is 0 Å². The third-order valence-electron chi connectivity index (χ3n) is 14.4. The van der Waals surface area contributed by atoms with Crippen LogP contribution >= 0.6 is 0 Å². The van der Waals surface area contributed by atoms with E-state index in [1.807, 2.05) is 41.5 Å². The molecule has 4 N–H and O–H groups in total. The maximum Gasteiger partial charge on any atom is 0.309 e. The number of ether oxygens (including phenoxy) is 5. The topological polar surface area (TPSA) is 161 Å². The number of carboxylic acids is 1. The maximum atomic E-state index is 14.4. The molecular formula is C42H70O11. The van der Waals surface area contributed by atoms with Gasteiger partial charge >= 0.3 is 5.97 Å². The van der Waals surface area contributed by atoms with Crippen LogP contribution in [0.15, 0.2) is 12.2 Å². The molecule has 5 heterocycles. The zero-order valence-corrected chi connectivity index (χ0v) is 34.0. The summed E-state index contributed by atoms with van der Waals surface area (Å²) in [5, 5.41) is 44.0. The molecule has 4 fully saturated rings. The van der Waals surface area contributed by atoms with E-state index in [1.165, 1.54) is 0 Å². The van der Waals surface area contributed by atoms with Gasteiger partial charge in [-0.1, -0.05) is 55.4 Å². The van der Waals surface area contributed by atoms with Gasteiger partial charge in [0.2, 0.25) is 5.79 Å². The van der Waals surface area contributed by atoms with Gasteiger partial charge in [0.05, 0.1) is 53.7 Å². The molecule has 0 radical (unpaired) electrons. The van der Waals surface area contributed by atoms with E-state index >= 15 is 0 Å². The number of aliphatic carboxylic acids is 1. The van der Waals surface area contributed by atoms with E-state index in [2.05, 4.69) is 20.8 Å². The van der Waals surface area contributed by atoms with Crippen molar-refractivity contribution >= 4 is 11.8 Å². The number of rotatable bonds is 12. The van der Waals surface area contributed by atoms with Crippen LogP contribution in [0.3, 0.4) is 0 Å². The summed E-state index contributed by atoms with van der Waals surface area (Å²) < 4.78 is 33.5. The zero-order chi connectivity index (χ0) is 39.3. The molecule has 0 aliphatic carbocycles. The Bertz CT molecular complexity index is 1320. The number of Topliss-reactive ketones (excluding diaryl/α,β-unsaturated/α-hetero) is 1. The summed E-state index contributed by atoms with van der Waals surface area (Å²) >= 11 is 0. The van der Waals surface area contributed by atoms with Crippen molar-refractivity contribution in [2.24, 2.45) is 41.4 Å². The van der Waals surface area contributed by atoms with Gasteiger partial charge in [0.1, 0.15) is 11.9 Å². The predicted octanol–water partition coefficient (Wildman–Crippen LogP) is 6.19. The molecule has 18 atom stereocenters. The number of carbonyl (C=O) groups is 2. The fourth-order valence-corrected chi connectivity index (χ4v) is 10.5. The minimum absolute atomic E-state index is 0.0137. The van der Waals surface area contributed by atoms with Gasteiger partial charge in [-0.3, -0.25) is 9.59 Å². The van der Waals surface area contributed by atoms with Gasteiger partial charge in [-0.15, -0.1) is 0 Å². The molecule has 11 nitrogen and oxygen atoms in total. The fourth-order valence-electron chi connectivity index (χ4n) is 10.5. The van der Waals surface area contributed by atoms with Crippen LogP contribution in [-0.4, -0.2) is 97.7 Å². The van der Waals surface area contributed by atoms with Gasteiger partial charge in [0.15, 0.2) is 5.79 Å². The van der Waals surface area contributed by atoms with E-state index in [0.29, 0.717) is 57.8 Å². The average molecular weight is 751 g/mol. The zero-order valence-electron chi connectivity index (χ0n) is 34.0. The predicted molar refractivity (Wildman–Crippen MR) is 199 cm³/mol. The van der Waals surface area contributed by atoms with E-state index in [9.17, 15) is 30.0 Å². The van der Waals surface area contributed by atoms with Gasteiger partial charge in [0, 0.05) is 30.1 Å². The molecule has 53 heavy (non-hydrogen) atoms. The third-order valence-corrected chi connectivity index (χ3v) is 14.4. The van der Waals surface area contributed by atoms with Crippen LogP contribution < -0.4 is 0 Å². The maximum absolute atomic E-state index is 14.4. The SMILES string of the molecule is CC[C@H](C(=O)O)[C@@H]1CC[C@@H](C)[C@H]([C@H](C)[C@H](O)[C@@H](C)C(=O)[C@H](CC)[C@H]2O[C@@]3(C=C[C@H](O)[C@@]4(CC[C@](C)([C@@H]5CC[C@@](O)(CC)[C@H](C)O5)O4)O3)[C@@H](C)C[C@@H]2C)O1. The Kier molecular flexibility index (Phi) is 13.0. The molecule has 0 aromatic carbocycles. The lowest BCUT2D eigenvalue weighted by atomic mass is 9.72. The standard InChI is InChI=1S/C42H70O11/c1-11-29(38(46)47)31-15-14-23(4)36(50-31)27(8)34(44)26(7)35(45)30(12-2)37-24(5)22-25(6)41(51-37)19-16-32(43)42(53-41)21-20-39(10,52-42)33-17-18-40(48,13-3)28(9)49-33/h16,19,23-34,36-37,43-44,48H,11-15,17-18,20-22H2,1-10H3,(H,46,47)/t23-,24+,25+,26-,27-,28+,29+,30+,31+,32+,33+,34-,36-,37+,39-,40+,41-,42-/m1/s1. The number of ketones is 1. The molecule has 11 heteroatoms. The van der Waals surface area contributed by atoms with Crippen molar-refractivity contribution < 1.29 is 53.7 Å². The van der Waals surface area contributed by atoms with E-state index in [-0.39, 0.29) is 41.8 Å². The summed E-state index contributed by atoms with van der Waals surface area (Å²) in [4.78, 5) is 26.4. The van der Waals surface area contributed by atoms with Crippen LogP contribution in [0.4, 0.5) is 0 Å². The Morgan fingerprint density at radius 3 is 2.17 bits per heavy atom. The summed E-state index contributed by atoms with van der Waals surface area (Å²) in [5.74, 6) is -5.78. The van der Waals surface area contributed by atoms with E-state index < -0.39 is 76.8 Å². The van der Waals surface area contributed by atoms with Gasteiger partial charge in [-0.05, 0) is 95.6 Å². The number of aliphatic hydroxyl groups excluding tert-OH is 2. The summed E-state index contributed by atoms with van der Waals surface area (Å²) in [6.07, 6.45) is 5.51. The molecule has 4 saturated heterocycles. The number of carbonyl (C=O) groups excluding carboxylic acids is 1. The van der Waals surface area contributed by atoms with Crippen molar-refractivity contribution in [3.05, 3.63) is 12.2 Å². The second kappa shape index (κ2) is 16.2. The lowest BCUT2D eigenvalue weighted by Crippen LogP contribution is -2.63. The average Bonchev–Trinajstić information content (AvgIpc) is 3.47. The van der Waals surface area contributed by atoms with E-state index in [1.54, 1.807) is 19.1 Å². The van der Waals surface area contributed by atoms with Crippen LogP contribution in [0.25, 0.3) is 0 Å². The Morgan fingerprint density at radius 1 is 0.887 bits per heavy atom. The minimum atomic E-state index is -1.37. The Hall–Kier alpha value is -1.44. The Balaban J connectivity index is 1.31. The molecule has 5 aliphatic heterocycles. The molecule has 0 aromatic heterocycles. The number of aliphatic hydroxyl groups is 3. The second-order valence-corrected chi connectivity index (χ2v) is 17.9. The van der Waals surface area contributed by atoms with Crippen molar-refractivity contribution in [1.82, 2.24) is 0 Å². The molecule has 5 rings (SSSR count). The third kappa shape index (κ3) is 7.94. The number of carboxylic acid groups (broad SMARTS) is 1. The molecule has 0 amide bonds. The fraction of sp³-hybridized carbons (Fsp3) is 0.905. The van der Waals surface area contributed by atoms with Crippen LogP contribution in [0.5, 0.6) is 0 Å². The summed E-state index contributed by atoms with van der Waals surface area (Å²) in [6.45, 7) is 19.6. The van der Waals surface area contributed by atoms with Crippen LogP contribution in [0, 0.1) is 41.4 Å². The molecule has 304 valence electrons. The second-order valence-electron chi connectivity index (χ2n) is 17.9. The number of hydrogen-bond donors (Lipinski definition) is 4. The van der Waals surface area contributed by atoms with Crippen molar-refractivity contribution in [1.29, 1.82) is 0 Å². The minimum Gasteiger partial charge on any atom is -0.481 e. The highest BCUT2D eigenvalue weighted by Gasteiger charge is 2.63. The summed E-state index contributed by atoms with van der Waals surface area (Å²) in [5.41, 5.74) is -1.63. The first-order chi connectivity index (χ1) is 24.8. The smallest absolute Gasteiger partial charge is 0.309 e. The monoisotopic (exact) mass is 750 g/mol. The molecule has 0 aromatic rings. The Morgan fingerprint density at radius 2 is 1.57 bits per heavy atom. The van der Waals surface area contributed by atoms with Gasteiger partial charge in [-0.25, -0.2) is 0 Å². The summed E-state index contributed by atoms with van der Waals surface area (Å²) in [6, 6.07) is 0. The Labute approximate surface area is 317 Å². The van der Waals surface area contributed by atoms with Crippen molar-refractivity contribution in [3.63, 3.8) is 0 Å². The van der Waals surface area contributed by atoms with E-state index in [0.717, 1.165) is 6.42 Å². The van der Waals surface area contributed by atoms with Crippen LogP contribution in [-0.2, 0) is 33.3 Å². The first kappa shape index (κ1) is 42.7. The molecule has 0 unspecified atom stereocenters. The van der Waals surface area contributed by atoms with Crippen LogP contribution in [0.1, 0.15) is 133 Å². The molecule has 5 aliphatic rings. The number of hydrogen-bond acceptors (Lipinski definition) is 10. The van der Waals surface area contributed by atoms with Gasteiger partial charge < -0.3 is 44.1 Å². The first-order valence-corrected chi connectivity index (χ1v) is 20.7. The van der Waals surface area contributed by atoms with Crippen molar-refractivity contribution in [2.75, 3.05) is 0 Å². The highest BCUT2D eigenvalue weighted by molar-refractivity contribution is 5.84. The molecule has 0 bridgehead atoms. The van der Waals surface area contributed by atoms with Crippen LogP contribution in [0.2, 0.25) is 0 Å². The van der Waals surface area contributed by atoms with Gasteiger partial charge in [0.25, 0.3) is 0 Å². The van der Waals surface area contributed by atoms with Gasteiger partial charge in [-0.2, -0.15) is 0 Å².